The number of carboxylic acids is 1. The largest absolute Gasteiger partial charge is 0.478 e. The molecule has 0 spiro atoms. The van der Waals surface area contributed by atoms with E-state index in [9.17, 15) is 9.90 Å². The van der Waals surface area contributed by atoms with Gasteiger partial charge in [0.05, 0.1) is 6.20 Å². The monoisotopic (exact) mass is 310 g/mol. The molecule has 118 valence electrons. The zero-order valence-corrected chi connectivity index (χ0v) is 13.1. The second-order valence-electron chi connectivity index (χ2n) is 5.37. The van der Waals surface area contributed by atoms with Gasteiger partial charge in [-0.15, -0.1) is 0 Å². The standard InChI is InChI=1S/C17H18N4O2/c1-3-5-13(17(22)23)10-14-11-19-20(2)16(14)21-9-7-12-6-4-8-18-15(12)21/h4,6-11H,3,5H2,1-2H3,(H,22,23). The van der Waals surface area contributed by atoms with E-state index >= 15 is 0 Å². The smallest absolute Gasteiger partial charge is 0.331 e. The van der Waals surface area contributed by atoms with Crippen molar-refractivity contribution < 1.29 is 9.90 Å². The van der Waals surface area contributed by atoms with E-state index in [1.54, 1.807) is 23.2 Å². The molecule has 23 heavy (non-hydrogen) atoms. The van der Waals surface area contributed by atoms with Crippen LogP contribution in [0.5, 0.6) is 0 Å². The average molecular weight is 310 g/mol. The Morgan fingerprint density at radius 3 is 2.96 bits per heavy atom. The first-order chi connectivity index (χ1) is 11.1. The molecule has 0 aromatic carbocycles. The first-order valence-corrected chi connectivity index (χ1v) is 7.50. The molecule has 0 radical (unpaired) electrons. The molecule has 6 nitrogen and oxygen atoms in total. The number of hydrogen-bond donors (Lipinski definition) is 1. The fraction of sp³-hybridized carbons (Fsp3) is 0.235. The van der Waals surface area contributed by atoms with Gasteiger partial charge in [0.15, 0.2) is 0 Å². The van der Waals surface area contributed by atoms with E-state index in [2.05, 4.69) is 10.1 Å². The molecule has 0 aliphatic heterocycles. The molecule has 0 aliphatic carbocycles. The fourth-order valence-corrected chi connectivity index (χ4v) is 2.68. The molecule has 3 aromatic heterocycles. The van der Waals surface area contributed by atoms with Crippen LogP contribution in [0.2, 0.25) is 0 Å². The summed E-state index contributed by atoms with van der Waals surface area (Å²) in [5, 5.41) is 14.7. The van der Waals surface area contributed by atoms with Gasteiger partial charge in [-0.2, -0.15) is 5.10 Å². The number of fused-ring (bicyclic) bond motifs is 1. The Labute approximate surface area is 133 Å². The van der Waals surface area contributed by atoms with Gasteiger partial charge in [0.2, 0.25) is 0 Å². The molecule has 0 atom stereocenters. The Bertz CT molecular complexity index is 889. The lowest BCUT2D eigenvalue weighted by Gasteiger charge is -2.08. The van der Waals surface area contributed by atoms with Crippen LogP contribution < -0.4 is 0 Å². The second-order valence-corrected chi connectivity index (χ2v) is 5.37. The van der Waals surface area contributed by atoms with Gasteiger partial charge >= 0.3 is 5.97 Å². The molecule has 0 saturated carbocycles. The zero-order valence-electron chi connectivity index (χ0n) is 13.1. The molecule has 0 fully saturated rings. The number of hydrogen-bond acceptors (Lipinski definition) is 3. The molecular formula is C17H18N4O2. The highest BCUT2D eigenvalue weighted by molar-refractivity contribution is 5.92. The summed E-state index contributed by atoms with van der Waals surface area (Å²) in [5.74, 6) is -0.0919. The Kier molecular flexibility index (Phi) is 3.97. The van der Waals surface area contributed by atoms with Crippen LogP contribution in [0.4, 0.5) is 0 Å². The van der Waals surface area contributed by atoms with Crippen LogP contribution >= 0.6 is 0 Å². The van der Waals surface area contributed by atoms with Gasteiger partial charge in [-0.1, -0.05) is 13.3 Å². The van der Waals surface area contributed by atoms with E-state index in [0.717, 1.165) is 28.8 Å². The third-order valence-corrected chi connectivity index (χ3v) is 3.73. The summed E-state index contributed by atoms with van der Waals surface area (Å²) in [5.41, 5.74) is 1.96. The van der Waals surface area contributed by atoms with Crippen LogP contribution in [0.3, 0.4) is 0 Å². The second kappa shape index (κ2) is 6.08. The maximum absolute atomic E-state index is 11.4. The highest BCUT2D eigenvalue weighted by Crippen LogP contribution is 2.23. The van der Waals surface area contributed by atoms with Crippen molar-refractivity contribution in [3.63, 3.8) is 0 Å². The Hall–Kier alpha value is -2.89. The molecular weight excluding hydrogens is 292 g/mol. The normalized spacial score (nSPS) is 12.0. The number of aliphatic carboxylic acids is 1. The minimum Gasteiger partial charge on any atom is -0.478 e. The molecule has 1 N–H and O–H groups in total. The lowest BCUT2D eigenvalue weighted by atomic mass is 10.1. The number of rotatable bonds is 5. The highest BCUT2D eigenvalue weighted by atomic mass is 16.4. The third kappa shape index (κ3) is 2.75. The van der Waals surface area contributed by atoms with Crippen molar-refractivity contribution in [3.05, 3.63) is 47.9 Å². The summed E-state index contributed by atoms with van der Waals surface area (Å²) in [6, 6.07) is 5.86. The maximum atomic E-state index is 11.4. The van der Waals surface area contributed by atoms with Crippen LogP contribution in [0.1, 0.15) is 25.3 Å². The lowest BCUT2D eigenvalue weighted by Crippen LogP contribution is -2.05. The van der Waals surface area contributed by atoms with Crippen molar-refractivity contribution in [1.82, 2.24) is 19.3 Å². The zero-order chi connectivity index (χ0) is 16.4. The van der Waals surface area contributed by atoms with Crippen LogP contribution in [0.15, 0.2) is 42.4 Å². The number of aryl methyl sites for hydroxylation is 1. The van der Waals surface area contributed by atoms with Crippen molar-refractivity contribution >= 4 is 23.1 Å². The molecule has 0 bridgehead atoms. The molecule has 0 saturated heterocycles. The predicted octanol–water partition coefficient (Wildman–Crippen LogP) is 3.03. The predicted molar refractivity (Wildman–Crippen MR) is 88.4 cm³/mol. The first-order valence-electron chi connectivity index (χ1n) is 7.50. The van der Waals surface area contributed by atoms with Gasteiger partial charge in [0, 0.05) is 36.0 Å². The average Bonchev–Trinajstić information content (AvgIpc) is 3.10. The van der Waals surface area contributed by atoms with E-state index < -0.39 is 5.97 Å². The van der Waals surface area contributed by atoms with Crippen LogP contribution in [0, 0.1) is 0 Å². The SMILES string of the molecule is CCCC(=Cc1cnn(C)c1-n1ccc2cccnc21)C(=O)O. The van der Waals surface area contributed by atoms with Gasteiger partial charge in [0.25, 0.3) is 0 Å². The topological polar surface area (TPSA) is 72.9 Å². The van der Waals surface area contributed by atoms with Crippen molar-refractivity contribution in [1.29, 1.82) is 0 Å². The van der Waals surface area contributed by atoms with E-state index in [1.807, 2.05) is 42.9 Å². The maximum Gasteiger partial charge on any atom is 0.331 e. The summed E-state index contributed by atoms with van der Waals surface area (Å²) in [6.45, 7) is 1.96. The summed E-state index contributed by atoms with van der Waals surface area (Å²) < 4.78 is 3.66. The molecule has 0 amide bonds. The number of aromatic nitrogens is 4. The summed E-state index contributed by atoms with van der Waals surface area (Å²) in [4.78, 5) is 15.8. The Balaban J connectivity index is 2.16. The summed E-state index contributed by atoms with van der Waals surface area (Å²) in [7, 11) is 1.84. The minimum absolute atomic E-state index is 0.381. The molecule has 0 aliphatic rings. The van der Waals surface area contributed by atoms with Gasteiger partial charge in [-0.25, -0.2) is 9.78 Å². The van der Waals surface area contributed by atoms with Crippen molar-refractivity contribution in [2.45, 2.75) is 19.8 Å². The Morgan fingerprint density at radius 1 is 1.39 bits per heavy atom. The van der Waals surface area contributed by atoms with Gasteiger partial charge in [-0.05, 0) is 30.7 Å². The molecule has 6 heteroatoms. The van der Waals surface area contributed by atoms with Crippen LogP contribution in [0.25, 0.3) is 22.9 Å². The van der Waals surface area contributed by atoms with Crippen molar-refractivity contribution in [2.24, 2.45) is 7.05 Å². The van der Waals surface area contributed by atoms with Crippen molar-refractivity contribution in [3.8, 4) is 5.82 Å². The summed E-state index contributed by atoms with van der Waals surface area (Å²) in [6.07, 6.45) is 8.35. The van der Waals surface area contributed by atoms with Crippen molar-refractivity contribution in [2.75, 3.05) is 0 Å². The number of pyridine rings is 1. The minimum atomic E-state index is -0.892. The van der Waals surface area contributed by atoms with Gasteiger partial charge in [-0.3, -0.25) is 9.25 Å². The van der Waals surface area contributed by atoms with E-state index in [0.29, 0.717) is 12.0 Å². The quantitative estimate of drug-likeness (QED) is 0.735. The van der Waals surface area contributed by atoms with E-state index in [1.165, 1.54) is 0 Å². The molecule has 3 rings (SSSR count). The Morgan fingerprint density at radius 2 is 2.22 bits per heavy atom. The third-order valence-electron chi connectivity index (χ3n) is 3.73. The highest BCUT2D eigenvalue weighted by Gasteiger charge is 2.14. The first kappa shape index (κ1) is 15.0. The number of nitrogens with zero attached hydrogens (tertiary/aromatic N) is 4. The summed E-state index contributed by atoms with van der Waals surface area (Å²) >= 11 is 0. The molecule has 3 heterocycles. The van der Waals surface area contributed by atoms with Crippen LogP contribution in [-0.2, 0) is 11.8 Å². The van der Waals surface area contributed by atoms with Gasteiger partial charge in [0.1, 0.15) is 11.5 Å². The van der Waals surface area contributed by atoms with E-state index in [4.69, 9.17) is 0 Å². The van der Waals surface area contributed by atoms with Crippen LogP contribution in [-0.4, -0.2) is 30.4 Å². The lowest BCUT2D eigenvalue weighted by molar-refractivity contribution is -0.132. The fourth-order valence-electron chi connectivity index (χ4n) is 2.68. The molecule has 0 unspecified atom stereocenters. The number of carbonyl (C=O) groups is 1. The van der Waals surface area contributed by atoms with Gasteiger partial charge < -0.3 is 5.11 Å². The number of carboxylic acid groups (broad SMARTS) is 1. The van der Waals surface area contributed by atoms with E-state index in [-0.39, 0.29) is 0 Å². The molecule has 3 aromatic rings.